The zero-order valence-electron chi connectivity index (χ0n) is 7.94. The summed E-state index contributed by atoms with van der Waals surface area (Å²) in [5, 5.41) is 12.1. The second-order valence-corrected chi connectivity index (χ2v) is 4.46. The minimum atomic E-state index is 0.307. The fourth-order valence-corrected chi connectivity index (χ4v) is 2.37. The van der Waals surface area contributed by atoms with Crippen molar-refractivity contribution in [3.05, 3.63) is 0 Å². The van der Waals surface area contributed by atoms with Gasteiger partial charge < -0.3 is 10.9 Å². The van der Waals surface area contributed by atoms with E-state index in [0.29, 0.717) is 17.6 Å². The van der Waals surface area contributed by atoms with Gasteiger partial charge in [-0.15, -0.1) is 0 Å². The Bertz CT molecular complexity index is 186. The fraction of sp³-hybridized carbons (Fsp3) is 0.875. The Morgan fingerprint density at radius 3 is 3.15 bits per heavy atom. The molecule has 1 fully saturated rings. The summed E-state index contributed by atoms with van der Waals surface area (Å²) in [5.41, 5.74) is 5.44. The van der Waals surface area contributed by atoms with Gasteiger partial charge in [-0.05, 0) is 25.6 Å². The van der Waals surface area contributed by atoms with Crippen LogP contribution in [0.3, 0.4) is 0 Å². The third-order valence-corrected chi connectivity index (χ3v) is 3.36. The number of likely N-dealkylation sites (tertiary alicyclic amines) is 1. The lowest BCUT2D eigenvalue weighted by Crippen LogP contribution is -2.41. The fourth-order valence-electron chi connectivity index (χ4n) is 1.61. The Hall–Kier alpha value is -0.420. The second kappa shape index (κ2) is 5.34. The molecule has 1 aliphatic rings. The lowest BCUT2D eigenvalue weighted by atomic mass is 10.1. The van der Waals surface area contributed by atoms with E-state index in [0.717, 1.165) is 13.1 Å². The molecule has 1 unspecified atom stereocenters. The van der Waals surface area contributed by atoms with Crippen molar-refractivity contribution in [1.29, 1.82) is 0 Å². The van der Waals surface area contributed by atoms with Crippen LogP contribution in [0.4, 0.5) is 0 Å². The number of oxime groups is 1. The molecule has 0 aromatic rings. The number of rotatable bonds is 3. The first-order chi connectivity index (χ1) is 6.26. The molecule has 3 N–H and O–H groups in total. The van der Waals surface area contributed by atoms with Crippen LogP contribution in [0.2, 0.25) is 0 Å². The van der Waals surface area contributed by atoms with Gasteiger partial charge in [0.1, 0.15) is 0 Å². The van der Waals surface area contributed by atoms with Crippen LogP contribution in [0.5, 0.6) is 0 Å². The van der Waals surface area contributed by atoms with Gasteiger partial charge in [0.15, 0.2) is 5.84 Å². The lowest BCUT2D eigenvalue weighted by molar-refractivity contribution is 0.257. The minimum Gasteiger partial charge on any atom is -0.409 e. The van der Waals surface area contributed by atoms with E-state index < -0.39 is 0 Å². The molecular weight excluding hydrogens is 186 g/mol. The average Bonchev–Trinajstić information content (AvgIpc) is 2.18. The quantitative estimate of drug-likeness (QED) is 0.304. The molecule has 1 atom stereocenters. The Morgan fingerprint density at radius 2 is 2.54 bits per heavy atom. The molecule has 0 aliphatic carbocycles. The van der Waals surface area contributed by atoms with Crippen LogP contribution in [0, 0.1) is 0 Å². The molecule has 1 rings (SSSR count). The molecule has 4 nitrogen and oxygen atoms in total. The van der Waals surface area contributed by atoms with Gasteiger partial charge >= 0.3 is 0 Å². The standard InChI is InChI=1S/C8H17N3OS/c1-13-7-3-2-4-11(5-7)6-8(9)10-12/h7,12H,2-6H2,1H3,(H2,9,10). The first kappa shape index (κ1) is 10.7. The van der Waals surface area contributed by atoms with Crippen LogP contribution in [-0.4, -0.2) is 47.1 Å². The Morgan fingerprint density at radius 1 is 1.77 bits per heavy atom. The molecule has 0 radical (unpaired) electrons. The van der Waals surface area contributed by atoms with E-state index in [-0.39, 0.29) is 0 Å². The molecule has 0 saturated carbocycles. The van der Waals surface area contributed by atoms with Crippen LogP contribution >= 0.6 is 11.8 Å². The highest BCUT2D eigenvalue weighted by atomic mass is 32.2. The maximum Gasteiger partial charge on any atom is 0.153 e. The highest BCUT2D eigenvalue weighted by Gasteiger charge is 2.19. The molecule has 1 aliphatic heterocycles. The van der Waals surface area contributed by atoms with Crippen molar-refractivity contribution in [3.63, 3.8) is 0 Å². The van der Waals surface area contributed by atoms with Crippen molar-refractivity contribution in [3.8, 4) is 0 Å². The maximum atomic E-state index is 8.42. The van der Waals surface area contributed by atoms with Gasteiger partial charge in [-0.1, -0.05) is 5.16 Å². The molecule has 1 heterocycles. The largest absolute Gasteiger partial charge is 0.409 e. The predicted molar refractivity (Wildman–Crippen MR) is 56.4 cm³/mol. The van der Waals surface area contributed by atoms with E-state index in [1.54, 1.807) is 0 Å². The molecule has 1 saturated heterocycles. The van der Waals surface area contributed by atoms with Gasteiger partial charge in [0.2, 0.25) is 0 Å². The zero-order valence-corrected chi connectivity index (χ0v) is 8.76. The van der Waals surface area contributed by atoms with Crippen LogP contribution in [0.1, 0.15) is 12.8 Å². The van der Waals surface area contributed by atoms with Crippen molar-refractivity contribution in [2.24, 2.45) is 10.9 Å². The molecule has 0 amide bonds. The third kappa shape index (κ3) is 3.44. The monoisotopic (exact) mass is 203 g/mol. The van der Waals surface area contributed by atoms with Crippen molar-refractivity contribution in [2.75, 3.05) is 25.9 Å². The first-order valence-electron chi connectivity index (χ1n) is 4.47. The normalized spacial score (nSPS) is 26.2. The second-order valence-electron chi connectivity index (χ2n) is 3.33. The number of hydrogen-bond acceptors (Lipinski definition) is 4. The maximum absolute atomic E-state index is 8.42. The summed E-state index contributed by atoms with van der Waals surface area (Å²) in [4.78, 5) is 2.24. The number of piperidine rings is 1. The van der Waals surface area contributed by atoms with Crippen LogP contribution in [-0.2, 0) is 0 Å². The van der Waals surface area contributed by atoms with E-state index in [1.165, 1.54) is 12.8 Å². The summed E-state index contributed by atoms with van der Waals surface area (Å²) in [6, 6.07) is 0. The van der Waals surface area contributed by atoms with Gasteiger partial charge in [0.25, 0.3) is 0 Å². The number of thioether (sulfide) groups is 1. The van der Waals surface area contributed by atoms with Crippen molar-refractivity contribution in [2.45, 2.75) is 18.1 Å². The number of nitrogens with zero attached hydrogens (tertiary/aromatic N) is 2. The number of amidine groups is 1. The summed E-state index contributed by atoms with van der Waals surface area (Å²) in [7, 11) is 0. The van der Waals surface area contributed by atoms with E-state index in [9.17, 15) is 0 Å². The van der Waals surface area contributed by atoms with E-state index in [1.807, 2.05) is 11.8 Å². The molecule has 76 valence electrons. The number of nitrogens with two attached hydrogens (primary N) is 1. The molecule has 0 spiro atoms. The van der Waals surface area contributed by atoms with Crippen molar-refractivity contribution in [1.82, 2.24) is 4.90 Å². The number of hydrogen-bond donors (Lipinski definition) is 2. The van der Waals surface area contributed by atoms with Crippen LogP contribution in [0.15, 0.2) is 5.16 Å². The van der Waals surface area contributed by atoms with Crippen molar-refractivity contribution >= 4 is 17.6 Å². The first-order valence-corrected chi connectivity index (χ1v) is 5.76. The smallest absolute Gasteiger partial charge is 0.153 e. The molecule has 13 heavy (non-hydrogen) atoms. The SMILES string of the molecule is CSC1CCCN(C/C(N)=N/O)C1. The highest BCUT2D eigenvalue weighted by molar-refractivity contribution is 7.99. The highest BCUT2D eigenvalue weighted by Crippen LogP contribution is 2.19. The predicted octanol–water partition coefficient (Wildman–Crippen LogP) is 0.560. The van der Waals surface area contributed by atoms with Gasteiger partial charge in [0.05, 0.1) is 6.54 Å². The topological polar surface area (TPSA) is 61.8 Å². The Kier molecular flexibility index (Phi) is 4.38. The third-order valence-electron chi connectivity index (χ3n) is 2.31. The molecule has 0 aromatic heterocycles. The molecule has 5 heteroatoms. The summed E-state index contributed by atoms with van der Waals surface area (Å²) < 4.78 is 0. The van der Waals surface area contributed by atoms with Gasteiger partial charge in [-0.25, -0.2) is 0 Å². The van der Waals surface area contributed by atoms with Gasteiger partial charge in [0, 0.05) is 11.8 Å². The Labute approximate surface area is 83.2 Å². The summed E-state index contributed by atoms with van der Waals surface area (Å²) in [5.74, 6) is 0.307. The van der Waals surface area contributed by atoms with Crippen LogP contribution in [0.25, 0.3) is 0 Å². The summed E-state index contributed by atoms with van der Waals surface area (Å²) in [6.07, 6.45) is 4.63. The van der Waals surface area contributed by atoms with Gasteiger partial charge in [-0.2, -0.15) is 11.8 Å². The van der Waals surface area contributed by atoms with Crippen molar-refractivity contribution < 1.29 is 5.21 Å². The van der Waals surface area contributed by atoms with Gasteiger partial charge in [-0.3, -0.25) is 4.90 Å². The average molecular weight is 203 g/mol. The minimum absolute atomic E-state index is 0.307. The Balaban J connectivity index is 2.34. The van der Waals surface area contributed by atoms with E-state index in [4.69, 9.17) is 10.9 Å². The van der Waals surface area contributed by atoms with E-state index in [2.05, 4.69) is 16.3 Å². The lowest BCUT2D eigenvalue weighted by Gasteiger charge is -2.31. The molecule has 0 bridgehead atoms. The molecule has 0 aromatic carbocycles. The zero-order chi connectivity index (χ0) is 9.68. The molecular formula is C8H17N3OS. The summed E-state index contributed by atoms with van der Waals surface area (Å²) in [6.45, 7) is 2.71. The van der Waals surface area contributed by atoms with Crippen LogP contribution < -0.4 is 5.73 Å². The van der Waals surface area contributed by atoms with E-state index >= 15 is 0 Å². The summed E-state index contributed by atoms with van der Waals surface area (Å²) >= 11 is 1.90.